The molecule has 0 unspecified atom stereocenters. The topological polar surface area (TPSA) is 8.17 Å². The Morgan fingerprint density at radius 2 is 0.767 bits per heavy atom. The van der Waals surface area contributed by atoms with Crippen molar-refractivity contribution >= 4 is 49.6 Å². The number of hydrogen-bond donors (Lipinski definition) is 0. The van der Waals surface area contributed by atoms with Crippen molar-refractivity contribution in [1.82, 2.24) is 4.57 Å². The highest BCUT2D eigenvalue weighted by Crippen LogP contribution is 2.47. The van der Waals surface area contributed by atoms with E-state index in [9.17, 15) is 0 Å². The van der Waals surface area contributed by atoms with Crippen molar-refractivity contribution in [2.24, 2.45) is 0 Å². The largest absolute Gasteiger partial charge is 0.310 e. The van der Waals surface area contributed by atoms with E-state index >= 15 is 0 Å². The summed E-state index contributed by atoms with van der Waals surface area (Å²) in [6.45, 7) is 0. The van der Waals surface area contributed by atoms with E-state index in [2.05, 4.69) is 252 Å². The van der Waals surface area contributed by atoms with E-state index in [1.54, 1.807) is 0 Å². The van der Waals surface area contributed by atoms with E-state index in [0.717, 1.165) is 28.3 Å². The maximum Gasteiger partial charge on any atom is 0.0547 e. The van der Waals surface area contributed by atoms with Gasteiger partial charge in [0.2, 0.25) is 0 Å². The first-order chi connectivity index (χ1) is 29.8. The predicted molar refractivity (Wildman–Crippen MR) is 255 cm³/mol. The third kappa shape index (κ3) is 6.14. The molecule has 0 spiro atoms. The van der Waals surface area contributed by atoms with Crippen LogP contribution in [0.25, 0.3) is 82.8 Å². The smallest absolute Gasteiger partial charge is 0.0547 e. The number of nitrogens with zero attached hydrogens (tertiary/aromatic N) is 2. The van der Waals surface area contributed by atoms with Gasteiger partial charge in [-0.2, -0.15) is 0 Å². The van der Waals surface area contributed by atoms with Crippen LogP contribution in [0.2, 0.25) is 0 Å². The maximum atomic E-state index is 2.41. The van der Waals surface area contributed by atoms with E-state index in [1.165, 1.54) is 71.5 Å². The van der Waals surface area contributed by atoms with Crippen LogP contribution in [0.15, 0.2) is 243 Å². The van der Waals surface area contributed by atoms with E-state index < -0.39 is 0 Å². The summed E-state index contributed by atoms with van der Waals surface area (Å²) in [6.07, 6.45) is 0. The lowest BCUT2D eigenvalue weighted by Gasteiger charge is -2.29. The van der Waals surface area contributed by atoms with Crippen molar-refractivity contribution in [2.75, 3.05) is 4.90 Å². The number of para-hydroxylation sites is 3. The van der Waals surface area contributed by atoms with Crippen LogP contribution in [0.5, 0.6) is 0 Å². The third-order valence-corrected chi connectivity index (χ3v) is 11.8. The van der Waals surface area contributed by atoms with Crippen molar-refractivity contribution in [3.05, 3.63) is 243 Å². The van der Waals surface area contributed by atoms with Gasteiger partial charge in [-0.15, -0.1) is 0 Å². The van der Waals surface area contributed by atoms with Gasteiger partial charge in [0.1, 0.15) is 0 Å². The molecule has 0 bridgehead atoms. The third-order valence-electron chi connectivity index (χ3n) is 11.8. The van der Waals surface area contributed by atoms with Crippen molar-refractivity contribution in [3.8, 4) is 50.2 Å². The van der Waals surface area contributed by atoms with E-state index in [0.29, 0.717) is 0 Å². The van der Waals surface area contributed by atoms with Crippen LogP contribution in [0.1, 0.15) is 0 Å². The van der Waals surface area contributed by atoms with Gasteiger partial charge in [-0.25, -0.2) is 0 Å². The fraction of sp³-hybridized carbons (Fsp3) is 0. The lowest BCUT2D eigenvalue weighted by Crippen LogP contribution is -2.11. The number of hydrogen-bond acceptors (Lipinski definition) is 1. The van der Waals surface area contributed by atoms with Crippen LogP contribution >= 0.6 is 0 Å². The Balaban J connectivity index is 1.09. The minimum Gasteiger partial charge on any atom is -0.310 e. The molecule has 11 rings (SSSR count). The molecule has 0 amide bonds. The monoisotopic (exact) mass is 764 g/mol. The molecule has 60 heavy (non-hydrogen) atoms. The molecule has 2 heteroatoms. The minimum absolute atomic E-state index is 1.09. The van der Waals surface area contributed by atoms with Crippen molar-refractivity contribution in [2.45, 2.75) is 0 Å². The van der Waals surface area contributed by atoms with Gasteiger partial charge in [-0.05, 0) is 104 Å². The molecule has 0 fully saturated rings. The molecule has 0 radical (unpaired) electrons. The first-order valence-electron chi connectivity index (χ1n) is 20.6. The molecule has 1 aromatic heterocycles. The summed E-state index contributed by atoms with van der Waals surface area (Å²) in [5, 5.41) is 4.98. The summed E-state index contributed by atoms with van der Waals surface area (Å²) >= 11 is 0. The summed E-state index contributed by atoms with van der Waals surface area (Å²) in [4.78, 5) is 2.41. The second-order valence-electron chi connectivity index (χ2n) is 15.3. The second-order valence-corrected chi connectivity index (χ2v) is 15.3. The molecule has 0 atom stereocenters. The summed E-state index contributed by atoms with van der Waals surface area (Å²) in [5.74, 6) is 0. The van der Waals surface area contributed by atoms with Gasteiger partial charge in [0, 0.05) is 33.4 Å². The fourth-order valence-electron chi connectivity index (χ4n) is 9.08. The highest BCUT2D eigenvalue weighted by Gasteiger charge is 2.22. The Hall–Kier alpha value is -7.94. The molecule has 0 aliphatic heterocycles. The van der Waals surface area contributed by atoms with Crippen molar-refractivity contribution in [3.63, 3.8) is 0 Å². The highest BCUT2D eigenvalue weighted by atomic mass is 15.1. The molecule has 0 aliphatic rings. The molecular formula is C58H40N2. The molecule has 0 saturated carbocycles. The van der Waals surface area contributed by atoms with Crippen LogP contribution in [-0.2, 0) is 0 Å². The molecule has 10 aromatic carbocycles. The Kier molecular flexibility index (Phi) is 8.87. The Morgan fingerprint density at radius 3 is 1.52 bits per heavy atom. The second kappa shape index (κ2) is 15.1. The lowest BCUT2D eigenvalue weighted by atomic mass is 9.90. The molecule has 0 saturated heterocycles. The average Bonchev–Trinajstić information content (AvgIpc) is 3.67. The van der Waals surface area contributed by atoms with Gasteiger partial charge < -0.3 is 9.47 Å². The Morgan fingerprint density at radius 1 is 0.283 bits per heavy atom. The predicted octanol–water partition coefficient (Wildman–Crippen LogP) is 16.1. The quantitative estimate of drug-likeness (QED) is 0.150. The van der Waals surface area contributed by atoms with Crippen molar-refractivity contribution in [1.29, 1.82) is 0 Å². The van der Waals surface area contributed by atoms with Crippen LogP contribution in [-0.4, -0.2) is 4.57 Å². The number of rotatable bonds is 8. The number of fused-ring (bicyclic) bond motifs is 4. The first-order valence-corrected chi connectivity index (χ1v) is 20.6. The lowest BCUT2D eigenvalue weighted by molar-refractivity contribution is 1.18. The fourth-order valence-corrected chi connectivity index (χ4v) is 9.08. The molecule has 1 heterocycles. The molecule has 0 N–H and O–H groups in total. The van der Waals surface area contributed by atoms with Gasteiger partial charge >= 0.3 is 0 Å². The summed E-state index contributed by atoms with van der Waals surface area (Å²) in [6, 6.07) is 87.8. The van der Waals surface area contributed by atoms with Crippen LogP contribution in [0, 0.1) is 0 Å². The number of anilines is 3. The zero-order chi connectivity index (χ0) is 39.8. The zero-order valence-corrected chi connectivity index (χ0v) is 33.0. The van der Waals surface area contributed by atoms with E-state index in [4.69, 9.17) is 0 Å². The molecular weight excluding hydrogens is 725 g/mol. The van der Waals surface area contributed by atoms with E-state index in [-0.39, 0.29) is 0 Å². The number of benzene rings is 10. The van der Waals surface area contributed by atoms with Gasteiger partial charge in [-0.1, -0.05) is 188 Å². The first kappa shape index (κ1) is 35.2. The summed E-state index contributed by atoms with van der Waals surface area (Å²) in [7, 11) is 0. The zero-order valence-electron chi connectivity index (χ0n) is 33.0. The van der Waals surface area contributed by atoms with E-state index in [1.807, 2.05) is 0 Å². The molecule has 11 aromatic rings. The van der Waals surface area contributed by atoms with Crippen LogP contribution < -0.4 is 4.90 Å². The van der Waals surface area contributed by atoms with Crippen LogP contribution in [0.3, 0.4) is 0 Å². The summed E-state index contributed by atoms with van der Waals surface area (Å²) < 4.78 is 2.40. The van der Waals surface area contributed by atoms with Gasteiger partial charge in [0.05, 0.1) is 16.7 Å². The summed E-state index contributed by atoms with van der Waals surface area (Å²) in [5.41, 5.74) is 16.4. The minimum atomic E-state index is 1.09. The number of aromatic nitrogens is 1. The molecule has 282 valence electrons. The standard InChI is InChI=1S/C58H40N2/c1-3-17-41(18-4-1)42-33-37-46(38-34-42)59(47-39-35-44(36-40-47)49-28-15-20-43-19-7-8-23-48(43)49)55-30-13-11-26-52(55)50-24-9-10-25-51(50)53-29-16-32-57-58(53)54-27-12-14-31-56(54)60(57)45-21-5-2-6-22-45/h1-40H. The normalized spacial score (nSPS) is 11.3. The van der Waals surface area contributed by atoms with Gasteiger partial charge in [-0.3, -0.25) is 0 Å². The Bertz CT molecular complexity index is 3280. The van der Waals surface area contributed by atoms with Crippen LogP contribution in [0.4, 0.5) is 17.1 Å². The van der Waals surface area contributed by atoms with Gasteiger partial charge in [0.15, 0.2) is 0 Å². The van der Waals surface area contributed by atoms with Crippen molar-refractivity contribution < 1.29 is 0 Å². The molecule has 0 aliphatic carbocycles. The van der Waals surface area contributed by atoms with Gasteiger partial charge in [0.25, 0.3) is 0 Å². The Labute approximate surface area is 350 Å². The highest BCUT2D eigenvalue weighted by molar-refractivity contribution is 6.17. The maximum absolute atomic E-state index is 2.41. The SMILES string of the molecule is c1ccc(-c2ccc(N(c3ccc(-c4cccc5ccccc45)cc3)c3ccccc3-c3ccccc3-c3cccc4c3c3ccccc3n4-c3ccccc3)cc2)cc1. The molecule has 2 nitrogen and oxygen atoms in total. The average molecular weight is 765 g/mol.